The molecule has 0 unspecified atom stereocenters. The van der Waals surface area contributed by atoms with E-state index in [0.717, 1.165) is 46.1 Å². The fourth-order valence-electron chi connectivity index (χ4n) is 4.94. The number of rotatable bonds is 9. The highest BCUT2D eigenvalue weighted by molar-refractivity contribution is 7.96. The lowest BCUT2D eigenvalue weighted by Gasteiger charge is -2.41. The number of primary amides is 1. The van der Waals surface area contributed by atoms with Gasteiger partial charge in [-0.25, -0.2) is 9.59 Å². The molecule has 0 bridgehead atoms. The molecule has 0 spiro atoms. The first kappa shape index (κ1) is 42.4. The molecular formula is C33H45F3N7O5S+. The number of quaternary nitrogens is 1. The summed E-state index contributed by atoms with van der Waals surface area (Å²) in [4.78, 5) is 34.2. The maximum Gasteiger partial charge on any atom is 0.416 e. The molecule has 2 heterocycles. The third-order valence-corrected chi connectivity index (χ3v) is 8.67. The number of alkyl halides is 3. The van der Waals surface area contributed by atoms with E-state index in [2.05, 4.69) is 52.9 Å². The number of carbonyl (C=O) groups excluding carboxylic acids is 3. The number of carbonyl (C=O) groups is 3. The van der Waals surface area contributed by atoms with Crippen molar-refractivity contribution < 1.29 is 41.5 Å². The van der Waals surface area contributed by atoms with E-state index in [9.17, 15) is 22.8 Å². The molecule has 1 fully saturated rings. The first-order chi connectivity index (χ1) is 23.0. The summed E-state index contributed by atoms with van der Waals surface area (Å²) in [6.07, 6.45) is 7.62. The molecule has 2 aliphatic rings. The molecule has 12 nitrogen and oxygen atoms in total. The van der Waals surface area contributed by atoms with E-state index in [1.165, 1.54) is 52.1 Å². The summed E-state index contributed by atoms with van der Waals surface area (Å²) in [5, 5.41) is 16.9. The number of likely N-dealkylation sites (N-methyl/N-ethyl adjacent to an activating group) is 1. The van der Waals surface area contributed by atoms with Gasteiger partial charge in [0.25, 0.3) is 6.47 Å². The van der Waals surface area contributed by atoms with Gasteiger partial charge in [-0.05, 0) is 43.5 Å². The molecular weight excluding hydrogens is 663 g/mol. The largest absolute Gasteiger partial charge is 0.471 e. The second kappa shape index (κ2) is 20.0. The Kier molecular flexibility index (Phi) is 17.4. The number of guanidine groups is 1. The van der Waals surface area contributed by atoms with E-state index in [0.29, 0.717) is 12.0 Å². The highest BCUT2D eigenvalue weighted by Crippen LogP contribution is 2.34. The van der Waals surface area contributed by atoms with Crippen LogP contribution >= 0.6 is 11.9 Å². The standard InChI is InChI=1S/C16H26N3S.C15H15F3N4O3.C2H4O2/c1-5-15(14-17)8-6-7-13-19(2,3)16-9-11-18(20-4)12-10-16;1-8-11(12(23)25-2)7-21(14(20)24)13(19)22(8)10-5-3-4-9(6-10)15(16,17)18;1-4-2-3/h5-8,16H,1,9-13H2,2-4H3;3-6,19H,7H2,1-2H3,(H2,20,24);2H,1H3/q+1;;/b7-6-,15-8+;;. The topological polar surface area (TPSA) is 153 Å². The number of hydrogen-bond donors (Lipinski definition) is 2. The lowest BCUT2D eigenvalue weighted by molar-refractivity contribution is -0.910. The van der Waals surface area contributed by atoms with Gasteiger partial charge in [-0.2, -0.15) is 18.4 Å². The first-order valence-corrected chi connectivity index (χ1v) is 16.1. The Bertz CT molecular complexity index is 1460. The molecule has 0 aromatic heterocycles. The van der Waals surface area contributed by atoms with Gasteiger partial charge in [-0.3, -0.25) is 24.3 Å². The van der Waals surface area contributed by atoms with Crippen molar-refractivity contribution in [3.63, 3.8) is 0 Å². The van der Waals surface area contributed by atoms with Crippen LogP contribution in [0.15, 0.2) is 72.0 Å². The molecule has 16 heteroatoms. The van der Waals surface area contributed by atoms with Crippen molar-refractivity contribution >= 4 is 42.1 Å². The van der Waals surface area contributed by atoms with E-state index in [1.807, 2.05) is 24.1 Å². The zero-order valence-electron chi connectivity index (χ0n) is 28.6. The number of anilines is 1. The Labute approximate surface area is 290 Å². The maximum atomic E-state index is 13.0. The van der Waals surface area contributed by atoms with Gasteiger partial charge in [0.2, 0.25) is 5.96 Å². The van der Waals surface area contributed by atoms with Gasteiger partial charge in [0.05, 0.1) is 70.2 Å². The number of esters is 1. The van der Waals surface area contributed by atoms with Crippen LogP contribution in [-0.2, 0) is 25.2 Å². The highest BCUT2D eigenvalue weighted by atomic mass is 32.2. The number of halogens is 3. The van der Waals surface area contributed by atoms with Gasteiger partial charge in [0.1, 0.15) is 0 Å². The van der Waals surface area contributed by atoms with Gasteiger partial charge in [0, 0.05) is 37.3 Å². The number of allylic oxidation sites excluding steroid dienone is 5. The van der Waals surface area contributed by atoms with Crippen LogP contribution < -0.4 is 10.6 Å². The van der Waals surface area contributed by atoms with E-state index in [4.69, 9.17) is 21.2 Å². The zero-order valence-corrected chi connectivity index (χ0v) is 29.4. The number of ether oxygens (including phenoxy) is 2. The van der Waals surface area contributed by atoms with Crippen LogP contribution in [0.5, 0.6) is 0 Å². The van der Waals surface area contributed by atoms with Gasteiger partial charge in [-0.15, -0.1) is 0 Å². The number of nitrogens with one attached hydrogen (secondary N) is 1. The Morgan fingerprint density at radius 3 is 2.33 bits per heavy atom. The molecule has 1 saturated heterocycles. The van der Waals surface area contributed by atoms with E-state index in [1.54, 1.807) is 6.08 Å². The number of urea groups is 1. The fraction of sp³-hybridized carbons (Fsp3) is 0.424. The lowest BCUT2D eigenvalue weighted by atomic mass is 10.0. The third-order valence-electron chi connectivity index (χ3n) is 7.79. The fourth-order valence-corrected chi connectivity index (χ4v) is 5.52. The monoisotopic (exact) mass is 708 g/mol. The van der Waals surface area contributed by atoms with Crippen LogP contribution in [0.25, 0.3) is 0 Å². The van der Waals surface area contributed by atoms with Gasteiger partial charge < -0.3 is 19.7 Å². The van der Waals surface area contributed by atoms with Crippen LogP contribution in [0.3, 0.4) is 0 Å². The van der Waals surface area contributed by atoms with Crippen molar-refractivity contribution in [3.8, 4) is 6.07 Å². The molecule has 268 valence electrons. The Hall–Kier alpha value is -4.59. The Morgan fingerprint density at radius 1 is 1.24 bits per heavy atom. The van der Waals surface area contributed by atoms with Gasteiger partial charge >= 0.3 is 18.2 Å². The van der Waals surface area contributed by atoms with E-state index < -0.39 is 29.7 Å². The quantitative estimate of drug-likeness (QED) is 0.0894. The average Bonchev–Trinajstić information content (AvgIpc) is 3.08. The van der Waals surface area contributed by atoms with Gasteiger partial charge in [-0.1, -0.05) is 36.7 Å². The highest BCUT2D eigenvalue weighted by Gasteiger charge is 2.36. The normalized spacial score (nSPS) is 16.2. The average molecular weight is 709 g/mol. The molecule has 0 atom stereocenters. The summed E-state index contributed by atoms with van der Waals surface area (Å²) in [5.41, 5.74) is 5.04. The lowest BCUT2D eigenvalue weighted by Crippen LogP contribution is -2.54. The van der Waals surface area contributed by atoms with Crippen molar-refractivity contribution in [1.82, 2.24) is 9.21 Å². The number of nitriles is 1. The smallest absolute Gasteiger partial charge is 0.416 e. The van der Waals surface area contributed by atoms with Crippen LogP contribution in [0.2, 0.25) is 0 Å². The van der Waals surface area contributed by atoms with Crippen LogP contribution in [0.1, 0.15) is 25.3 Å². The van der Waals surface area contributed by atoms with Crippen molar-refractivity contribution in [2.75, 3.05) is 65.6 Å². The Balaban J connectivity index is 0.000000451. The van der Waals surface area contributed by atoms with Crippen LogP contribution in [0, 0.1) is 16.7 Å². The molecule has 49 heavy (non-hydrogen) atoms. The maximum absolute atomic E-state index is 13.0. The molecule has 2 aliphatic heterocycles. The first-order valence-electron chi connectivity index (χ1n) is 14.9. The number of hydrogen-bond acceptors (Lipinski definition) is 9. The number of piperidine rings is 1. The van der Waals surface area contributed by atoms with Crippen molar-refractivity contribution in [2.24, 2.45) is 5.73 Å². The number of methoxy groups -OCH3 is 2. The predicted molar refractivity (Wildman–Crippen MR) is 184 cm³/mol. The molecule has 0 radical (unpaired) electrons. The molecule has 2 amide bonds. The van der Waals surface area contributed by atoms with Crippen LogP contribution in [-0.4, -0.2) is 105 Å². The SMILES string of the molecule is C=C/C(C#N)=C\C=C/C[N+](C)(C)C1CCN(SC)CC1.COC(=O)C1=C(C)N(c2cccc(C(F)(F)F)c2)C(=N)N(C(N)=O)C1.COC=O. The third kappa shape index (κ3) is 12.7. The van der Waals surface area contributed by atoms with Crippen molar-refractivity contribution in [3.05, 3.63) is 77.6 Å². The summed E-state index contributed by atoms with van der Waals surface area (Å²) in [5.74, 6) is -1.23. The van der Waals surface area contributed by atoms with Crippen molar-refractivity contribution in [1.29, 1.82) is 10.7 Å². The molecule has 1 aromatic carbocycles. The second-order valence-corrected chi connectivity index (χ2v) is 12.1. The van der Waals surface area contributed by atoms with E-state index >= 15 is 0 Å². The van der Waals surface area contributed by atoms with Crippen LogP contribution in [0.4, 0.5) is 23.7 Å². The molecule has 0 aliphatic carbocycles. The minimum atomic E-state index is -4.58. The molecule has 1 aromatic rings. The van der Waals surface area contributed by atoms with Gasteiger partial charge in [0.15, 0.2) is 0 Å². The number of amides is 2. The minimum Gasteiger partial charge on any atom is -0.471 e. The summed E-state index contributed by atoms with van der Waals surface area (Å²) < 4.78 is 50.8. The minimum absolute atomic E-state index is 0.00899. The Morgan fingerprint density at radius 2 is 1.86 bits per heavy atom. The number of nitrogens with two attached hydrogens (primary N) is 1. The zero-order chi connectivity index (χ0) is 37.4. The molecule has 0 saturated carbocycles. The second-order valence-electron chi connectivity index (χ2n) is 11.2. The summed E-state index contributed by atoms with van der Waals surface area (Å²) in [6, 6.07) is 6.00. The van der Waals surface area contributed by atoms with E-state index in [-0.39, 0.29) is 23.5 Å². The number of nitrogens with zero attached hydrogens (tertiary/aromatic N) is 5. The number of benzene rings is 1. The predicted octanol–water partition coefficient (Wildman–Crippen LogP) is 5.07. The summed E-state index contributed by atoms with van der Waals surface area (Å²) in [7, 11) is 7.04. The summed E-state index contributed by atoms with van der Waals surface area (Å²) >= 11 is 1.85. The van der Waals surface area contributed by atoms with Crippen molar-refractivity contribution in [2.45, 2.75) is 32.0 Å². The molecule has 3 N–H and O–H groups in total. The summed E-state index contributed by atoms with van der Waals surface area (Å²) in [6.45, 7) is 8.50. The molecule has 3 rings (SSSR count).